The largest absolute Gasteiger partial charge is 0.354 e. The highest BCUT2D eigenvalue weighted by Gasteiger charge is 2.44. The molecule has 0 atom stereocenters. The Hall–Kier alpha value is -2.22. The van der Waals surface area contributed by atoms with E-state index in [4.69, 9.17) is 0 Å². The Bertz CT molecular complexity index is 936. The molecule has 0 unspecified atom stereocenters. The highest BCUT2D eigenvalue weighted by Crippen LogP contribution is 2.47. The second-order valence-corrected chi connectivity index (χ2v) is 9.85. The lowest BCUT2D eigenvalue weighted by molar-refractivity contribution is -0.122. The van der Waals surface area contributed by atoms with Crippen LogP contribution in [-0.4, -0.2) is 62.8 Å². The lowest BCUT2D eigenvalue weighted by Gasteiger charge is -2.33. The van der Waals surface area contributed by atoms with Crippen molar-refractivity contribution in [2.24, 2.45) is 0 Å². The summed E-state index contributed by atoms with van der Waals surface area (Å²) in [5.41, 5.74) is 1.39. The molecule has 29 heavy (non-hydrogen) atoms. The van der Waals surface area contributed by atoms with E-state index in [0.29, 0.717) is 44.2 Å². The second-order valence-electron chi connectivity index (χ2n) is 7.92. The Labute approximate surface area is 172 Å². The molecule has 7 heteroatoms. The minimum atomic E-state index is -3.46. The number of sulfonamides is 1. The van der Waals surface area contributed by atoms with Gasteiger partial charge in [-0.25, -0.2) is 8.42 Å². The van der Waals surface area contributed by atoms with Gasteiger partial charge in [0.2, 0.25) is 15.9 Å². The molecule has 1 amide bonds. The molecule has 4 rings (SSSR count). The molecule has 2 fully saturated rings. The first-order valence-electron chi connectivity index (χ1n) is 10.1. The molecule has 6 nitrogen and oxygen atoms in total. The fourth-order valence-corrected chi connectivity index (χ4v) is 5.35. The van der Waals surface area contributed by atoms with Gasteiger partial charge in [0, 0.05) is 38.1 Å². The van der Waals surface area contributed by atoms with Gasteiger partial charge in [-0.05, 0) is 30.5 Å². The van der Waals surface area contributed by atoms with Gasteiger partial charge in [-0.2, -0.15) is 4.31 Å². The molecule has 1 N–H and O–H groups in total. The van der Waals surface area contributed by atoms with Crippen molar-refractivity contribution in [3.8, 4) is 0 Å². The first-order valence-corrected chi connectivity index (χ1v) is 11.5. The summed E-state index contributed by atoms with van der Waals surface area (Å²) in [6, 6.07) is 18.9. The van der Waals surface area contributed by atoms with Crippen molar-refractivity contribution < 1.29 is 13.2 Å². The number of carbonyl (C=O) groups is 1. The van der Waals surface area contributed by atoms with Crippen LogP contribution >= 0.6 is 0 Å². The van der Waals surface area contributed by atoms with Crippen molar-refractivity contribution in [3.05, 3.63) is 66.2 Å². The molecule has 2 aromatic rings. The number of rotatable bonds is 7. The number of piperazine rings is 1. The maximum Gasteiger partial charge on any atom is 0.243 e. The maximum absolute atomic E-state index is 12.7. The van der Waals surface area contributed by atoms with Crippen molar-refractivity contribution in [2.45, 2.75) is 23.2 Å². The quantitative estimate of drug-likeness (QED) is 0.752. The lowest BCUT2D eigenvalue weighted by atomic mass is 9.96. The summed E-state index contributed by atoms with van der Waals surface area (Å²) in [4.78, 5) is 14.8. The predicted molar refractivity (Wildman–Crippen MR) is 112 cm³/mol. The van der Waals surface area contributed by atoms with E-state index in [1.165, 1.54) is 9.87 Å². The third-order valence-electron chi connectivity index (χ3n) is 5.94. The van der Waals surface area contributed by atoms with Gasteiger partial charge in [-0.3, -0.25) is 9.69 Å². The normalized spacial score (nSPS) is 19.6. The van der Waals surface area contributed by atoms with E-state index in [1.54, 1.807) is 30.3 Å². The van der Waals surface area contributed by atoms with Gasteiger partial charge in [0.05, 0.1) is 11.4 Å². The van der Waals surface area contributed by atoms with Crippen molar-refractivity contribution in [2.75, 3.05) is 39.3 Å². The van der Waals surface area contributed by atoms with Crippen LogP contribution in [-0.2, 0) is 20.2 Å². The first-order chi connectivity index (χ1) is 14.0. The van der Waals surface area contributed by atoms with E-state index in [-0.39, 0.29) is 11.3 Å². The van der Waals surface area contributed by atoms with Crippen LogP contribution in [0.2, 0.25) is 0 Å². The minimum absolute atomic E-state index is 0.00609. The van der Waals surface area contributed by atoms with Crippen LogP contribution in [0.4, 0.5) is 0 Å². The zero-order chi connectivity index (χ0) is 20.3. The number of nitrogens with one attached hydrogen (secondary N) is 1. The summed E-state index contributed by atoms with van der Waals surface area (Å²) in [7, 11) is -3.46. The SMILES string of the molecule is O=C(CN1CCN(S(=O)(=O)c2ccccc2)CC1)NCC1(c2ccccc2)CC1. The molecule has 154 valence electrons. The molecular weight excluding hydrogens is 386 g/mol. The zero-order valence-electron chi connectivity index (χ0n) is 16.5. The van der Waals surface area contributed by atoms with Crippen molar-refractivity contribution in [1.29, 1.82) is 0 Å². The van der Waals surface area contributed by atoms with Crippen LogP contribution in [0.1, 0.15) is 18.4 Å². The van der Waals surface area contributed by atoms with E-state index in [2.05, 4.69) is 17.4 Å². The Kier molecular flexibility index (Phi) is 5.72. The summed E-state index contributed by atoms with van der Waals surface area (Å²) in [5, 5.41) is 3.09. The van der Waals surface area contributed by atoms with Crippen LogP contribution in [0.3, 0.4) is 0 Å². The first kappa shape index (κ1) is 20.1. The monoisotopic (exact) mass is 413 g/mol. The molecule has 2 aromatic carbocycles. The summed E-state index contributed by atoms with van der Waals surface area (Å²) in [6.45, 7) is 2.89. The average molecular weight is 414 g/mol. The third kappa shape index (κ3) is 4.52. The molecule has 0 spiro atoms. The lowest BCUT2D eigenvalue weighted by Crippen LogP contribution is -2.51. The number of benzene rings is 2. The van der Waals surface area contributed by atoms with Gasteiger partial charge in [0.15, 0.2) is 0 Å². The molecule has 1 heterocycles. The Balaban J connectivity index is 1.25. The highest BCUT2D eigenvalue weighted by atomic mass is 32.2. The van der Waals surface area contributed by atoms with E-state index in [9.17, 15) is 13.2 Å². The standard InChI is InChI=1S/C22H27N3O3S/c26-21(23-18-22(11-12-22)19-7-3-1-4-8-19)17-24-13-15-25(16-14-24)29(27,28)20-9-5-2-6-10-20/h1-10H,11-18H2,(H,23,26). The molecular formula is C22H27N3O3S. The molecule has 0 radical (unpaired) electrons. The maximum atomic E-state index is 12.7. The fraction of sp³-hybridized carbons (Fsp3) is 0.409. The van der Waals surface area contributed by atoms with Crippen LogP contribution in [0.15, 0.2) is 65.6 Å². The van der Waals surface area contributed by atoms with Gasteiger partial charge in [0.25, 0.3) is 0 Å². The van der Waals surface area contributed by atoms with Gasteiger partial charge < -0.3 is 5.32 Å². The average Bonchev–Trinajstić information content (AvgIpc) is 3.55. The Morgan fingerprint density at radius 2 is 1.48 bits per heavy atom. The molecule has 0 aromatic heterocycles. The van der Waals surface area contributed by atoms with Gasteiger partial charge >= 0.3 is 0 Å². The fourth-order valence-electron chi connectivity index (χ4n) is 3.91. The molecule has 1 aliphatic carbocycles. The Morgan fingerprint density at radius 3 is 2.07 bits per heavy atom. The summed E-state index contributed by atoms with van der Waals surface area (Å²) in [6.07, 6.45) is 2.21. The number of nitrogens with zero attached hydrogens (tertiary/aromatic N) is 2. The molecule has 2 aliphatic rings. The van der Waals surface area contributed by atoms with Crippen LogP contribution in [0.5, 0.6) is 0 Å². The minimum Gasteiger partial charge on any atom is -0.354 e. The van der Waals surface area contributed by atoms with E-state index >= 15 is 0 Å². The van der Waals surface area contributed by atoms with Crippen LogP contribution in [0, 0.1) is 0 Å². The summed E-state index contributed by atoms with van der Waals surface area (Å²) >= 11 is 0. The summed E-state index contributed by atoms with van der Waals surface area (Å²) < 4.78 is 26.9. The third-order valence-corrected chi connectivity index (χ3v) is 7.86. The van der Waals surface area contributed by atoms with Crippen LogP contribution in [0.25, 0.3) is 0 Å². The highest BCUT2D eigenvalue weighted by molar-refractivity contribution is 7.89. The smallest absolute Gasteiger partial charge is 0.243 e. The Morgan fingerprint density at radius 1 is 0.897 bits per heavy atom. The van der Waals surface area contributed by atoms with Crippen LogP contribution < -0.4 is 5.32 Å². The molecule has 1 saturated carbocycles. The number of carbonyl (C=O) groups excluding carboxylic acids is 1. The zero-order valence-corrected chi connectivity index (χ0v) is 17.3. The van der Waals surface area contributed by atoms with Crippen molar-refractivity contribution >= 4 is 15.9 Å². The van der Waals surface area contributed by atoms with E-state index in [0.717, 1.165) is 12.8 Å². The number of hydrogen-bond donors (Lipinski definition) is 1. The number of amides is 1. The topological polar surface area (TPSA) is 69.7 Å². The van der Waals surface area contributed by atoms with E-state index in [1.807, 2.05) is 23.1 Å². The predicted octanol–water partition coefficient (Wildman–Crippen LogP) is 1.84. The number of hydrogen-bond acceptors (Lipinski definition) is 4. The van der Waals surface area contributed by atoms with Crippen molar-refractivity contribution in [3.63, 3.8) is 0 Å². The molecule has 1 saturated heterocycles. The van der Waals surface area contributed by atoms with Gasteiger partial charge in [-0.15, -0.1) is 0 Å². The van der Waals surface area contributed by atoms with Gasteiger partial charge in [-0.1, -0.05) is 48.5 Å². The van der Waals surface area contributed by atoms with Crippen molar-refractivity contribution in [1.82, 2.24) is 14.5 Å². The second kappa shape index (κ2) is 8.26. The molecule has 0 bridgehead atoms. The van der Waals surface area contributed by atoms with E-state index < -0.39 is 10.0 Å². The molecule has 1 aliphatic heterocycles. The van der Waals surface area contributed by atoms with Gasteiger partial charge in [0.1, 0.15) is 0 Å². The summed E-state index contributed by atoms with van der Waals surface area (Å²) in [5.74, 6) is 0.00609.